The summed E-state index contributed by atoms with van der Waals surface area (Å²) < 4.78 is 6.23. The standard InChI is InChI=1S/C12H15BrN2O3/c1-8-5-11(10(13)6-12(8)15(16)17)14-7-9-3-2-4-18-9/h5-6,9,14H,2-4,7H2,1H3. The Balaban J connectivity index is 2.08. The van der Waals surface area contributed by atoms with Crippen molar-refractivity contribution in [2.45, 2.75) is 25.9 Å². The molecule has 1 aliphatic rings. The molecule has 18 heavy (non-hydrogen) atoms. The van der Waals surface area contributed by atoms with Gasteiger partial charge < -0.3 is 10.1 Å². The first-order chi connectivity index (χ1) is 8.58. The van der Waals surface area contributed by atoms with Crippen LogP contribution in [0.2, 0.25) is 0 Å². The van der Waals surface area contributed by atoms with Crippen LogP contribution in [0.25, 0.3) is 0 Å². The number of hydrogen-bond donors (Lipinski definition) is 1. The van der Waals surface area contributed by atoms with Crippen LogP contribution < -0.4 is 5.32 Å². The fourth-order valence-electron chi connectivity index (χ4n) is 2.03. The Hall–Kier alpha value is -1.14. The Kier molecular flexibility index (Phi) is 4.19. The minimum Gasteiger partial charge on any atom is -0.382 e. The Morgan fingerprint density at radius 3 is 3.00 bits per heavy atom. The maximum Gasteiger partial charge on any atom is 0.273 e. The molecule has 0 aliphatic carbocycles. The largest absolute Gasteiger partial charge is 0.382 e. The van der Waals surface area contributed by atoms with E-state index in [1.807, 2.05) is 0 Å². The number of anilines is 1. The van der Waals surface area contributed by atoms with E-state index in [0.29, 0.717) is 10.0 Å². The first-order valence-electron chi connectivity index (χ1n) is 5.88. The molecular weight excluding hydrogens is 300 g/mol. The molecule has 6 heteroatoms. The van der Waals surface area contributed by atoms with E-state index in [1.54, 1.807) is 13.0 Å². The molecule has 0 radical (unpaired) electrons. The van der Waals surface area contributed by atoms with E-state index < -0.39 is 0 Å². The zero-order valence-corrected chi connectivity index (χ0v) is 11.7. The van der Waals surface area contributed by atoms with Gasteiger partial charge in [-0.2, -0.15) is 0 Å². The van der Waals surface area contributed by atoms with Crippen LogP contribution in [0.4, 0.5) is 11.4 Å². The lowest BCUT2D eigenvalue weighted by molar-refractivity contribution is -0.385. The van der Waals surface area contributed by atoms with Gasteiger partial charge >= 0.3 is 0 Å². The van der Waals surface area contributed by atoms with Crippen molar-refractivity contribution in [1.29, 1.82) is 0 Å². The number of nitrogens with one attached hydrogen (secondary N) is 1. The van der Waals surface area contributed by atoms with E-state index in [0.717, 1.165) is 31.7 Å². The van der Waals surface area contributed by atoms with E-state index >= 15 is 0 Å². The normalized spacial score (nSPS) is 18.9. The van der Waals surface area contributed by atoms with Crippen LogP contribution in [-0.2, 0) is 4.74 Å². The Bertz CT molecular complexity index is 459. The predicted octanol–water partition coefficient (Wildman–Crippen LogP) is 3.26. The summed E-state index contributed by atoms with van der Waals surface area (Å²) in [6.07, 6.45) is 2.41. The third kappa shape index (κ3) is 3.00. The molecule has 1 N–H and O–H groups in total. The second-order valence-electron chi connectivity index (χ2n) is 4.39. The summed E-state index contributed by atoms with van der Waals surface area (Å²) in [4.78, 5) is 10.4. The number of ether oxygens (including phenoxy) is 1. The summed E-state index contributed by atoms with van der Waals surface area (Å²) in [5, 5.41) is 14.1. The molecule has 5 nitrogen and oxygen atoms in total. The molecule has 1 heterocycles. The third-order valence-electron chi connectivity index (χ3n) is 3.03. The van der Waals surface area contributed by atoms with E-state index in [-0.39, 0.29) is 16.7 Å². The summed E-state index contributed by atoms with van der Waals surface area (Å²) in [6.45, 7) is 3.30. The molecule has 0 aromatic heterocycles. The van der Waals surface area contributed by atoms with Crippen LogP contribution in [0, 0.1) is 17.0 Å². The lowest BCUT2D eigenvalue weighted by Crippen LogP contribution is -2.18. The van der Waals surface area contributed by atoms with Gasteiger partial charge in [-0.05, 0) is 41.8 Å². The lowest BCUT2D eigenvalue weighted by atomic mass is 10.1. The van der Waals surface area contributed by atoms with Crippen molar-refractivity contribution in [2.75, 3.05) is 18.5 Å². The second-order valence-corrected chi connectivity index (χ2v) is 5.25. The van der Waals surface area contributed by atoms with Gasteiger partial charge in [0.15, 0.2) is 0 Å². The van der Waals surface area contributed by atoms with Gasteiger partial charge in [0.1, 0.15) is 0 Å². The number of nitrogens with zero attached hydrogens (tertiary/aromatic N) is 1. The SMILES string of the molecule is Cc1cc(NCC2CCCO2)c(Br)cc1[N+](=O)[O-]. The topological polar surface area (TPSA) is 64.4 Å². The maximum absolute atomic E-state index is 10.8. The molecule has 1 aromatic carbocycles. The molecule has 1 aliphatic heterocycles. The highest BCUT2D eigenvalue weighted by atomic mass is 79.9. The molecule has 98 valence electrons. The maximum atomic E-state index is 10.8. The summed E-state index contributed by atoms with van der Waals surface area (Å²) in [5.74, 6) is 0. The Morgan fingerprint density at radius 1 is 1.61 bits per heavy atom. The van der Waals surface area contributed by atoms with Crippen molar-refractivity contribution in [3.63, 3.8) is 0 Å². The molecule has 1 aromatic rings. The van der Waals surface area contributed by atoms with Crippen molar-refractivity contribution in [2.24, 2.45) is 0 Å². The molecule has 1 fully saturated rings. The second kappa shape index (κ2) is 5.67. The molecule has 1 atom stereocenters. The highest BCUT2D eigenvalue weighted by Crippen LogP contribution is 2.30. The Morgan fingerprint density at radius 2 is 2.39 bits per heavy atom. The zero-order chi connectivity index (χ0) is 13.1. The highest BCUT2D eigenvalue weighted by molar-refractivity contribution is 9.10. The predicted molar refractivity (Wildman–Crippen MR) is 73.0 cm³/mol. The molecule has 2 rings (SSSR count). The van der Waals surface area contributed by atoms with Crippen molar-refractivity contribution in [3.8, 4) is 0 Å². The smallest absolute Gasteiger partial charge is 0.273 e. The van der Waals surface area contributed by atoms with Gasteiger partial charge in [0.2, 0.25) is 0 Å². The van der Waals surface area contributed by atoms with E-state index in [9.17, 15) is 10.1 Å². The average Bonchev–Trinajstić information content (AvgIpc) is 2.82. The van der Waals surface area contributed by atoms with Gasteiger partial charge in [-0.3, -0.25) is 10.1 Å². The number of hydrogen-bond acceptors (Lipinski definition) is 4. The van der Waals surface area contributed by atoms with Gasteiger partial charge in [-0.15, -0.1) is 0 Å². The first kappa shape index (κ1) is 13.3. The fourth-order valence-corrected chi connectivity index (χ4v) is 2.50. The number of benzene rings is 1. The molecule has 0 saturated carbocycles. The number of halogens is 1. The van der Waals surface area contributed by atoms with Gasteiger partial charge in [0, 0.05) is 34.9 Å². The molecule has 0 spiro atoms. The summed E-state index contributed by atoms with van der Waals surface area (Å²) in [7, 11) is 0. The Labute approximate surface area is 114 Å². The minimum absolute atomic E-state index is 0.129. The number of rotatable bonds is 4. The van der Waals surface area contributed by atoms with Crippen LogP contribution in [0.5, 0.6) is 0 Å². The lowest BCUT2D eigenvalue weighted by Gasteiger charge is -2.13. The average molecular weight is 315 g/mol. The quantitative estimate of drug-likeness (QED) is 0.684. The first-order valence-corrected chi connectivity index (χ1v) is 6.67. The molecule has 0 bridgehead atoms. The van der Waals surface area contributed by atoms with E-state index in [1.165, 1.54) is 6.07 Å². The monoisotopic (exact) mass is 314 g/mol. The third-order valence-corrected chi connectivity index (χ3v) is 3.68. The molecular formula is C12H15BrN2O3. The zero-order valence-electron chi connectivity index (χ0n) is 10.1. The van der Waals surface area contributed by atoms with Gasteiger partial charge in [-0.1, -0.05) is 0 Å². The summed E-state index contributed by atoms with van der Waals surface area (Å²) in [6, 6.07) is 3.32. The van der Waals surface area contributed by atoms with Gasteiger partial charge in [0.25, 0.3) is 5.69 Å². The van der Waals surface area contributed by atoms with Gasteiger partial charge in [-0.25, -0.2) is 0 Å². The molecule has 1 unspecified atom stereocenters. The highest BCUT2D eigenvalue weighted by Gasteiger charge is 2.17. The minimum atomic E-state index is -0.371. The molecule has 1 saturated heterocycles. The fraction of sp³-hybridized carbons (Fsp3) is 0.500. The van der Waals surface area contributed by atoms with E-state index in [4.69, 9.17) is 4.74 Å². The van der Waals surface area contributed by atoms with Crippen LogP contribution in [0.1, 0.15) is 18.4 Å². The van der Waals surface area contributed by atoms with Crippen LogP contribution in [0.3, 0.4) is 0 Å². The van der Waals surface area contributed by atoms with Crippen LogP contribution in [-0.4, -0.2) is 24.2 Å². The van der Waals surface area contributed by atoms with E-state index in [2.05, 4.69) is 21.2 Å². The summed E-state index contributed by atoms with van der Waals surface area (Å²) >= 11 is 3.35. The van der Waals surface area contributed by atoms with Crippen molar-refractivity contribution in [3.05, 3.63) is 32.3 Å². The van der Waals surface area contributed by atoms with Gasteiger partial charge in [0.05, 0.1) is 11.0 Å². The van der Waals surface area contributed by atoms with Crippen LogP contribution in [0.15, 0.2) is 16.6 Å². The van der Waals surface area contributed by atoms with Crippen LogP contribution >= 0.6 is 15.9 Å². The summed E-state index contributed by atoms with van der Waals surface area (Å²) in [5.41, 5.74) is 1.65. The molecule has 0 amide bonds. The number of aryl methyl sites for hydroxylation is 1. The van der Waals surface area contributed by atoms with Crippen molar-refractivity contribution >= 4 is 27.3 Å². The van der Waals surface area contributed by atoms with Crippen molar-refractivity contribution in [1.82, 2.24) is 0 Å². The number of nitro benzene ring substituents is 1. The number of nitro groups is 1. The van der Waals surface area contributed by atoms with Crippen molar-refractivity contribution < 1.29 is 9.66 Å².